The fourth-order valence-corrected chi connectivity index (χ4v) is 1.11. The molecule has 0 aliphatic rings. The summed E-state index contributed by atoms with van der Waals surface area (Å²) >= 11 is 0. The Morgan fingerprint density at radius 1 is 1.46 bits per heavy atom. The standard InChI is InChI=1S/C9H15N3O/c1-9(2,3)12-6-5-11-7(10-4)8(12)13/h5-6H,1-4H3,(H,10,11). The van der Waals surface area contributed by atoms with Gasteiger partial charge in [-0.3, -0.25) is 4.79 Å². The predicted octanol–water partition coefficient (Wildman–Crippen LogP) is 1.04. The summed E-state index contributed by atoms with van der Waals surface area (Å²) in [4.78, 5) is 15.6. The highest BCUT2D eigenvalue weighted by Gasteiger charge is 2.15. The maximum Gasteiger partial charge on any atom is 0.293 e. The number of nitrogens with zero attached hydrogens (tertiary/aromatic N) is 2. The molecule has 0 aliphatic heterocycles. The summed E-state index contributed by atoms with van der Waals surface area (Å²) in [6, 6.07) is 0. The molecule has 0 fully saturated rings. The summed E-state index contributed by atoms with van der Waals surface area (Å²) in [6.07, 6.45) is 3.32. The first-order chi connectivity index (χ1) is 5.96. The number of rotatable bonds is 1. The molecule has 0 saturated heterocycles. The Hall–Kier alpha value is -1.32. The van der Waals surface area contributed by atoms with E-state index < -0.39 is 0 Å². The molecule has 1 aromatic heterocycles. The van der Waals surface area contributed by atoms with Crippen molar-refractivity contribution in [2.24, 2.45) is 0 Å². The third-order valence-electron chi connectivity index (χ3n) is 1.80. The van der Waals surface area contributed by atoms with Crippen molar-refractivity contribution in [2.45, 2.75) is 26.3 Å². The first-order valence-corrected chi connectivity index (χ1v) is 4.22. The van der Waals surface area contributed by atoms with Crippen LogP contribution in [0.1, 0.15) is 20.8 Å². The van der Waals surface area contributed by atoms with Crippen LogP contribution in [-0.4, -0.2) is 16.6 Å². The summed E-state index contributed by atoms with van der Waals surface area (Å²) in [5, 5.41) is 2.76. The van der Waals surface area contributed by atoms with E-state index >= 15 is 0 Å². The molecule has 0 spiro atoms. The van der Waals surface area contributed by atoms with E-state index in [1.165, 1.54) is 0 Å². The topological polar surface area (TPSA) is 46.9 Å². The van der Waals surface area contributed by atoms with Crippen LogP contribution in [0, 0.1) is 0 Å². The van der Waals surface area contributed by atoms with E-state index in [-0.39, 0.29) is 11.1 Å². The quantitative estimate of drug-likeness (QED) is 0.704. The van der Waals surface area contributed by atoms with Gasteiger partial charge < -0.3 is 9.88 Å². The van der Waals surface area contributed by atoms with Gasteiger partial charge in [0.25, 0.3) is 5.56 Å². The third kappa shape index (κ3) is 1.88. The molecular formula is C9H15N3O. The SMILES string of the molecule is CNc1nccn(C(C)(C)C)c1=O. The molecule has 4 heteroatoms. The number of anilines is 1. The van der Waals surface area contributed by atoms with Crippen molar-refractivity contribution in [3.63, 3.8) is 0 Å². The maximum atomic E-state index is 11.7. The van der Waals surface area contributed by atoms with Gasteiger partial charge in [0.05, 0.1) is 0 Å². The summed E-state index contributed by atoms with van der Waals surface area (Å²) in [5.41, 5.74) is -0.288. The van der Waals surface area contributed by atoms with Gasteiger partial charge in [-0.05, 0) is 20.8 Å². The molecule has 1 N–H and O–H groups in total. The van der Waals surface area contributed by atoms with Crippen molar-refractivity contribution in [1.82, 2.24) is 9.55 Å². The molecule has 0 radical (unpaired) electrons. The largest absolute Gasteiger partial charge is 0.369 e. The highest BCUT2D eigenvalue weighted by Crippen LogP contribution is 2.10. The maximum absolute atomic E-state index is 11.7. The minimum atomic E-state index is -0.203. The molecule has 72 valence electrons. The molecule has 0 aromatic carbocycles. The van der Waals surface area contributed by atoms with Crippen LogP contribution in [0.4, 0.5) is 5.82 Å². The molecule has 4 nitrogen and oxygen atoms in total. The second-order valence-corrected chi connectivity index (χ2v) is 3.87. The van der Waals surface area contributed by atoms with E-state index in [0.717, 1.165) is 0 Å². The Bertz CT molecular complexity index is 349. The van der Waals surface area contributed by atoms with Gasteiger partial charge in [0.15, 0.2) is 5.82 Å². The molecule has 0 bridgehead atoms. The normalized spacial score (nSPS) is 11.4. The Balaban J connectivity index is 3.33. The van der Waals surface area contributed by atoms with Crippen LogP contribution >= 0.6 is 0 Å². The predicted molar refractivity (Wildman–Crippen MR) is 53.0 cm³/mol. The van der Waals surface area contributed by atoms with Crippen LogP contribution in [0.25, 0.3) is 0 Å². The third-order valence-corrected chi connectivity index (χ3v) is 1.80. The number of hydrogen-bond acceptors (Lipinski definition) is 3. The summed E-state index contributed by atoms with van der Waals surface area (Å²) in [7, 11) is 1.69. The highest BCUT2D eigenvalue weighted by molar-refractivity contribution is 5.29. The average Bonchev–Trinajstić information content (AvgIpc) is 2.02. The molecule has 1 aromatic rings. The number of hydrogen-bond donors (Lipinski definition) is 1. The van der Waals surface area contributed by atoms with Gasteiger partial charge >= 0.3 is 0 Å². The van der Waals surface area contributed by atoms with Gasteiger partial charge in [-0.1, -0.05) is 0 Å². The van der Waals surface area contributed by atoms with Crippen LogP contribution in [-0.2, 0) is 5.54 Å². The molecule has 0 aliphatic carbocycles. The van der Waals surface area contributed by atoms with Crippen molar-refractivity contribution in [3.8, 4) is 0 Å². The van der Waals surface area contributed by atoms with Crippen LogP contribution < -0.4 is 10.9 Å². The summed E-state index contributed by atoms with van der Waals surface area (Å²) in [5.74, 6) is 0.387. The second-order valence-electron chi connectivity index (χ2n) is 3.87. The van der Waals surface area contributed by atoms with Gasteiger partial charge in [-0.15, -0.1) is 0 Å². The van der Waals surface area contributed by atoms with E-state index in [1.807, 2.05) is 20.8 Å². The fourth-order valence-electron chi connectivity index (χ4n) is 1.11. The summed E-state index contributed by atoms with van der Waals surface area (Å²) in [6.45, 7) is 5.94. The van der Waals surface area contributed by atoms with Crippen LogP contribution in [0.2, 0.25) is 0 Å². The lowest BCUT2D eigenvalue weighted by Crippen LogP contribution is -2.34. The van der Waals surface area contributed by atoms with E-state index in [2.05, 4.69) is 10.3 Å². The molecule has 13 heavy (non-hydrogen) atoms. The molecule has 0 saturated carbocycles. The van der Waals surface area contributed by atoms with E-state index in [9.17, 15) is 4.79 Å². The van der Waals surface area contributed by atoms with E-state index in [0.29, 0.717) is 5.82 Å². The van der Waals surface area contributed by atoms with Gasteiger partial charge in [-0.2, -0.15) is 0 Å². The summed E-state index contributed by atoms with van der Waals surface area (Å²) < 4.78 is 1.66. The van der Waals surface area contributed by atoms with Crippen LogP contribution in [0.5, 0.6) is 0 Å². The zero-order valence-electron chi connectivity index (χ0n) is 8.46. The van der Waals surface area contributed by atoms with Gasteiger partial charge in [0.2, 0.25) is 0 Å². The van der Waals surface area contributed by atoms with Gasteiger partial charge in [-0.25, -0.2) is 4.98 Å². The number of nitrogens with one attached hydrogen (secondary N) is 1. The van der Waals surface area contributed by atoms with Gasteiger partial charge in [0.1, 0.15) is 0 Å². The molecule has 0 unspecified atom stereocenters. The lowest BCUT2D eigenvalue weighted by atomic mass is 10.1. The highest BCUT2D eigenvalue weighted by atomic mass is 16.1. The minimum Gasteiger partial charge on any atom is -0.369 e. The van der Waals surface area contributed by atoms with Crippen molar-refractivity contribution in [3.05, 3.63) is 22.7 Å². The van der Waals surface area contributed by atoms with Crippen LogP contribution in [0.3, 0.4) is 0 Å². The minimum absolute atomic E-state index is 0.0856. The Morgan fingerprint density at radius 2 is 2.08 bits per heavy atom. The lowest BCUT2D eigenvalue weighted by Gasteiger charge is -2.22. The molecule has 1 rings (SSSR count). The monoisotopic (exact) mass is 181 g/mol. The molecule has 0 atom stereocenters. The Kier molecular flexibility index (Phi) is 2.40. The van der Waals surface area contributed by atoms with E-state index in [4.69, 9.17) is 0 Å². The number of aromatic nitrogens is 2. The van der Waals surface area contributed by atoms with Crippen molar-refractivity contribution < 1.29 is 0 Å². The van der Waals surface area contributed by atoms with Crippen molar-refractivity contribution in [1.29, 1.82) is 0 Å². The Labute approximate surface area is 77.6 Å². The lowest BCUT2D eigenvalue weighted by molar-refractivity contribution is 0.383. The fraction of sp³-hybridized carbons (Fsp3) is 0.556. The molecule has 0 amide bonds. The first-order valence-electron chi connectivity index (χ1n) is 4.22. The average molecular weight is 181 g/mol. The van der Waals surface area contributed by atoms with Crippen molar-refractivity contribution in [2.75, 3.05) is 12.4 Å². The zero-order valence-corrected chi connectivity index (χ0v) is 8.46. The molecular weight excluding hydrogens is 166 g/mol. The second kappa shape index (κ2) is 3.20. The Morgan fingerprint density at radius 3 is 2.54 bits per heavy atom. The van der Waals surface area contributed by atoms with Crippen molar-refractivity contribution >= 4 is 5.82 Å². The smallest absolute Gasteiger partial charge is 0.293 e. The first kappa shape index (κ1) is 9.77. The van der Waals surface area contributed by atoms with Crippen LogP contribution in [0.15, 0.2) is 17.2 Å². The molecule has 1 heterocycles. The zero-order chi connectivity index (χ0) is 10.1. The van der Waals surface area contributed by atoms with E-state index in [1.54, 1.807) is 24.0 Å². The van der Waals surface area contributed by atoms with Gasteiger partial charge in [0, 0.05) is 25.0 Å².